The van der Waals surface area contributed by atoms with Gasteiger partial charge < -0.3 is 20.1 Å². The summed E-state index contributed by atoms with van der Waals surface area (Å²) in [4.78, 5) is 2.34. The highest BCUT2D eigenvalue weighted by Crippen LogP contribution is 2.51. The predicted molar refractivity (Wildman–Crippen MR) is 154 cm³/mol. The highest BCUT2D eigenvalue weighted by atomic mass is 16.5. The Hall–Kier alpha value is -3.76. The van der Waals surface area contributed by atoms with Crippen LogP contribution in [0.25, 0.3) is 0 Å². The number of hydrogen-bond acceptors (Lipinski definition) is 4. The van der Waals surface area contributed by atoms with E-state index in [1.54, 1.807) is 0 Å². The molecule has 1 heterocycles. The number of nitrogens with zero attached hydrogens (tertiary/aromatic N) is 1. The van der Waals surface area contributed by atoms with Crippen molar-refractivity contribution in [1.29, 1.82) is 0 Å². The summed E-state index contributed by atoms with van der Waals surface area (Å²) in [6.07, 6.45) is 0. The molecule has 1 atom stereocenters. The summed E-state index contributed by atoms with van der Waals surface area (Å²) in [6, 6.07) is 29.5. The minimum absolute atomic E-state index is 0.00503. The van der Waals surface area contributed by atoms with Gasteiger partial charge >= 0.3 is 0 Å². The summed E-state index contributed by atoms with van der Waals surface area (Å²) < 4.78 is 6.66. The Balaban J connectivity index is 1.71. The number of rotatable bonds is 8. The largest absolute Gasteiger partial charge is 0.457 e. The number of nitrogens with one attached hydrogen (secondary N) is 1. The van der Waals surface area contributed by atoms with E-state index in [1.165, 1.54) is 5.56 Å². The molecule has 0 aromatic heterocycles. The average molecular weight is 493 g/mol. The fourth-order valence-corrected chi connectivity index (χ4v) is 5.41. The number of para-hydroxylation sites is 1. The molecule has 2 N–H and O–H groups in total. The topological polar surface area (TPSA) is 44.7 Å². The van der Waals surface area contributed by atoms with E-state index in [9.17, 15) is 5.11 Å². The van der Waals surface area contributed by atoms with Crippen molar-refractivity contribution in [3.8, 4) is 11.5 Å². The number of anilines is 3. The first-order chi connectivity index (χ1) is 18.0. The minimum Gasteiger partial charge on any atom is -0.457 e. The first-order valence-electron chi connectivity index (χ1n) is 13.3. The molecule has 1 aliphatic rings. The van der Waals surface area contributed by atoms with E-state index in [-0.39, 0.29) is 12.5 Å². The molecule has 4 aromatic rings. The zero-order chi connectivity index (χ0) is 25.9. The van der Waals surface area contributed by atoms with Gasteiger partial charge in [0.15, 0.2) is 0 Å². The van der Waals surface area contributed by atoms with E-state index in [0.717, 1.165) is 63.9 Å². The lowest BCUT2D eigenvalue weighted by molar-refractivity contribution is 0.280. The van der Waals surface area contributed by atoms with Gasteiger partial charge in [0.05, 0.1) is 6.61 Å². The number of ether oxygens (including phenoxy) is 1. The summed E-state index contributed by atoms with van der Waals surface area (Å²) in [5, 5.41) is 13.9. The number of aliphatic hydroxyl groups excluding tert-OH is 1. The number of fused-ring (bicyclic) bond motifs is 2. The first kappa shape index (κ1) is 24.9. The number of aliphatic hydroxyl groups is 1. The lowest BCUT2D eigenvalue weighted by atomic mass is 9.79. The van der Waals surface area contributed by atoms with E-state index >= 15 is 0 Å². The van der Waals surface area contributed by atoms with Gasteiger partial charge in [-0.2, -0.15) is 0 Å². The van der Waals surface area contributed by atoms with Gasteiger partial charge in [-0.25, -0.2) is 0 Å². The van der Waals surface area contributed by atoms with E-state index < -0.39 is 0 Å². The molecule has 0 fully saturated rings. The van der Waals surface area contributed by atoms with E-state index in [4.69, 9.17) is 4.74 Å². The van der Waals surface area contributed by atoms with Crippen LogP contribution in [0.4, 0.5) is 17.1 Å². The van der Waals surface area contributed by atoms with Gasteiger partial charge in [-0.1, -0.05) is 62.4 Å². The average Bonchev–Trinajstić information content (AvgIpc) is 2.92. The van der Waals surface area contributed by atoms with Gasteiger partial charge in [0.1, 0.15) is 11.5 Å². The van der Waals surface area contributed by atoms with E-state index in [1.807, 2.05) is 30.3 Å². The van der Waals surface area contributed by atoms with Crippen LogP contribution in [0, 0.1) is 0 Å². The lowest BCUT2D eigenvalue weighted by Crippen LogP contribution is -2.22. The molecule has 4 aromatic carbocycles. The maximum Gasteiger partial charge on any atom is 0.133 e. The Morgan fingerprint density at radius 2 is 1.51 bits per heavy atom. The van der Waals surface area contributed by atoms with Crippen molar-refractivity contribution in [2.75, 3.05) is 23.3 Å². The third kappa shape index (κ3) is 4.82. The first-order valence-corrected chi connectivity index (χ1v) is 13.3. The maximum absolute atomic E-state index is 10.2. The van der Waals surface area contributed by atoms with Gasteiger partial charge in [0.2, 0.25) is 0 Å². The van der Waals surface area contributed by atoms with Crippen molar-refractivity contribution in [3.05, 3.63) is 113 Å². The van der Waals surface area contributed by atoms with Crippen LogP contribution in [0.15, 0.2) is 84.9 Å². The summed E-state index contributed by atoms with van der Waals surface area (Å²) in [5.74, 6) is 2.02. The SMILES string of the molecule is CCN(CC)c1ccc2c(c1)Oc1cc(C(C)C)c(Nc3ccccc3)cc1C2c1ccccc1CO. The Morgan fingerprint density at radius 1 is 0.811 bits per heavy atom. The van der Waals surface area contributed by atoms with Crippen LogP contribution >= 0.6 is 0 Å². The monoisotopic (exact) mass is 492 g/mol. The van der Waals surface area contributed by atoms with Crippen molar-refractivity contribution < 1.29 is 9.84 Å². The molecule has 0 amide bonds. The maximum atomic E-state index is 10.2. The molecule has 4 nitrogen and oxygen atoms in total. The third-order valence-electron chi connectivity index (χ3n) is 7.36. The standard InChI is InChI=1S/C33H36N2O2/c1-5-35(6-2)25-16-17-27-31(18-25)37-32-20-28(22(3)4)30(34-24-13-8-7-9-14-24)19-29(32)33(27)26-15-11-10-12-23(26)21-36/h7-20,22,33-34,36H,5-6,21H2,1-4H3. The van der Waals surface area contributed by atoms with Gasteiger partial charge in [-0.3, -0.25) is 0 Å². The van der Waals surface area contributed by atoms with Crippen LogP contribution in [0.5, 0.6) is 11.5 Å². The molecule has 0 saturated heterocycles. The summed E-state index contributed by atoms with van der Waals surface area (Å²) in [5.41, 5.74) is 8.77. The Labute approximate surface area is 220 Å². The zero-order valence-corrected chi connectivity index (χ0v) is 22.2. The highest BCUT2D eigenvalue weighted by Gasteiger charge is 2.32. The van der Waals surface area contributed by atoms with Crippen LogP contribution in [0.2, 0.25) is 0 Å². The second-order valence-corrected chi connectivity index (χ2v) is 9.91. The molecular weight excluding hydrogens is 456 g/mol. The van der Waals surface area contributed by atoms with Crippen molar-refractivity contribution in [3.63, 3.8) is 0 Å². The molecule has 37 heavy (non-hydrogen) atoms. The molecule has 5 rings (SSSR count). The molecule has 0 aliphatic carbocycles. The Morgan fingerprint density at radius 3 is 2.22 bits per heavy atom. The molecule has 0 spiro atoms. The molecular formula is C33H36N2O2. The summed E-state index contributed by atoms with van der Waals surface area (Å²) in [6.45, 7) is 10.7. The number of hydrogen-bond donors (Lipinski definition) is 2. The van der Waals surface area contributed by atoms with Crippen LogP contribution < -0.4 is 15.0 Å². The van der Waals surface area contributed by atoms with Crippen molar-refractivity contribution >= 4 is 17.1 Å². The molecule has 0 bridgehead atoms. The fraction of sp³-hybridized carbons (Fsp3) is 0.273. The molecule has 0 saturated carbocycles. The molecule has 1 unspecified atom stereocenters. The fourth-order valence-electron chi connectivity index (χ4n) is 5.41. The highest BCUT2D eigenvalue weighted by molar-refractivity contribution is 5.71. The smallest absolute Gasteiger partial charge is 0.133 e. The minimum atomic E-state index is -0.0506. The van der Waals surface area contributed by atoms with Crippen molar-refractivity contribution in [2.24, 2.45) is 0 Å². The Bertz CT molecular complexity index is 1380. The van der Waals surface area contributed by atoms with Gasteiger partial charge in [0.25, 0.3) is 0 Å². The number of benzene rings is 4. The third-order valence-corrected chi connectivity index (χ3v) is 7.36. The van der Waals surface area contributed by atoms with Crippen molar-refractivity contribution in [2.45, 2.75) is 46.1 Å². The van der Waals surface area contributed by atoms with Crippen LogP contribution in [-0.4, -0.2) is 18.2 Å². The summed E-state index contributed by atoms with van der Waals surface area (Å²) in [7, 11) is 0. The summed E-state index contributed by atoms with van der Waals surface area (Å²) >= 11 is 0. The molecule has 1 aliphatic heterocycles. The molecule has 4 heteroatoms. The van der Waals surface area contributed by atoms with Crippen LogP contribution in [0.3, 0.4) is 0 Å². The van der Waals surface area contributed by atoms with Crippen LogP contribution in [-0.2, 0) is 6.61 Å². The van der Waals surface area contributed by atoms with Crippen LogP contribution in [0.1, 0.15) is 67.3 Å². The predicted octanol–water partition coefficient (Wildman–Crippen LogP) is 8.18. The van der Waals surface area contributed by atoms with E-state index in [0.29, 0.717) is 5.92 Å². The second-order valence-electron chi connectivity index (χ2n) is 9.91. The van der Waals surface area contributed by atoms with Gasteiger partial charge in [0, 0.05) is 53.3 Å². The normalized spacial score (nSPS) is 14.1. The van der Waals surface area contributed by atoms with Gasteiger partial charge in [-0.15, -0.1) is 0 Å². The van der Waals surface area contributed by atoms with Crippen molar-refractivity contribution in [1.82, 2.24) is 0 Å². The van der Waals surface area contributed by atoms with E-state index in [2.05, 4.69) is 92.5 Å². The Kier molecular flexibility index (Phi) is 7.20. The lowest BCUT2D eigenvalue weighted by Gasteiger charge is -2.33. The van der Waals surface area contributed by atoms with Gasteiger partial charge in [-0.05, 0) is 66.8 Å². The zero-order valence-electron chi connectivity index (χ0n) is 22.2. The second kappa shape index (κ2) is 10.7. The molecule has 0 radical (unpaired) electrons. The quantitative estimate of drug-likeness (QED) is 0.229. The molecule has 190 valence electrons.